The maximum Gasteiger partial charge on any atom is 0.220 e. The summed E-state index contributed by atoms with van der Waals surface area (Å²) in [6.45, 7) is 5.53. The molecule has 2 N–H and O–H groups in total. The third-order valence-corrected chi connectivity index (χ3v) is 2.46. The van der Waals surface area contributed by atoms with Crippen LogP contribution in [0.4, 0.5) is 0 Å². The molecule has 0 rings (SSSR count). The highest BCUT2D eigenvalue weighted by atomic mass is 16.2. The van der Waals surface area contributed by atoms with Crippen LogP contribution in [0.25, 0.3) is 0 Å². The van der Waals surface area contributed by atoms with Gasteiger partial charge in [-0.15, -0.1) is 0 Å². The molecule has 0 aliphatic heterocycles. The lowest BCUT2D eigenvalue weighted by molar-refractivity contribution is -0.126. The molecule has 0 spiro atoms. The highest BCUT2D eigenvalue weighted by molar-refractivity contribution is 5.87. The lowest BCUT2D eigenvalue weighted by atomic mass is 10.1. The first-order valence-corrected chi connectivity index (χ1v) is 6.07. The van der Waals surface area contributed by atoms with Crippen LogP contribution in [0.3, 0.4) is 0 Å². The average Bonchev–Trinajstić information content (AvgIpc) is 2.31. The van der Waals surface area contributed by atoms with Crippen molar-refractivity contribution in [1.82, 2.24) is 10.6 Å². The van der Waals surface area contributed by atoms with Crippen LogP contribution in [-0.2, 0) is 14.4 Å². The van der Waals surface area contributed by atoms with Crippen LogP contribution in [0.2, 0.25) is 0 Å². The third kappa shape index (κ3) is 7.49. The van der Waals surface area contributed by atoms with Gasteiger partial charge in [-0.1, -0.05) is 13.8 Å². The number of ketones is 1. The van der Waals surface area contributed by atoms with Crippen LogP contribution >= 0.6 is 0 Å². The van der Waals surface area contributed by atoms with Gasteiger partial charge in [-0.25, -0.2) is 0 Å². The summed E-state index contributed by atoms with van der Waals surface area (Å²) in [6, 6.07) is -0.430. The van der Waals surface area contributed by atoms with Gasteiger partial charge < -0.3 is 10.6 Å². The summed E-state index contributed by atoms with van der Waals surface area (Å²) < 4.78 is 0. The van der Waals surface area contributed by atoms with E-state index in [1.54, 1.807) is 13.8 Å². The molecule has 0 aromatic heterocycles. The number of Topliss-reactive ketones (excluding diaryl/α,β-unsaturated/α-hetero) is 1. The minimum atomic E-state index is -0.430. The quantitative estimate of drug-likeness (QED) is 0.617. The molecule has 0 saturated carbocycles. The zero-order chi connectivity index (χ0) is 13.3. The average molecular weight is 242 g/mol. The Labute approximate surface area is 102 Å². The molecule has 0 heterocycles. The Balaban J connectivity index is 3.90. The second-order valence-electron chi connectivity index (χ2n) is 3.93. The Morgan fingerprint density at radius 3 is 2.12 bits per heavy atom. The number of nitrogens with one attached hydrogen (secondary N) is 2. The van der Waals surface area contributed by atoms with Crippen molar-refractivity contribution in [2.75, 3.05) is 6.54 Å². The second kappa shape index (κ2) is 8.73. The normalized spacial score (nSPS) is 11.7. The number of carbonyl (C=O) groups excluding carboxylic acids is 3. The molecule has 0 radical (unpaired) electrons. The van der Waals surface area contributed by atoms with Gasteiger partial charge in [0.25, 0.3) is 0 Å². The number of carbonyl (C=O) groups is 3. The molecular weight excluding hydrogens is 220 g/mol. The molecular formula is C12H22N2O3. The molecule has 98 valence electrons. The van der Waals surface area contributed by atoms with Gasteiger partial charge in [0.05, 0.1) is 6.04 Å². The number of hydrogen-bond donors (Lipinski definition) is 2. The third-order valence-electron chi connectivity index (χ3n) is 2.46. The first-order valence-electron chi connectivity index (χ1n) is 6.07. The van der Waals surface area contributed by atoms with Crippen molar-refractivity contribution in [3.63, 3.8) is 0 Å². The van der Waals surface area contributed by atoms with Gasteiger partial charge in [-0.2, -0.15) is 0 Å². The van der Waals surface area contributed by atoms with E-state index in [1.807, 2.05) is 0 Å². The van der Waals surface area contributed by atoms with Crippen LogP contribution in [0.5, 0.6) is 0 Å². The maximum atomic E-state index is 11.3. The van der Waals surface area contributed by atoms with Crippen molar-refractivity contribution in [2.24, 2.45) is 0 Å². The largest absolute Gasteiger partial charge is 0.356 e. The zero-order valence-electron chi connectivity index (χ0n) is 10.8. The minimum Gasteiger partial charge on any atom is -0.356 e. The predicted molar refractivity (Wildman–Crippen MR) is 65.4 cm³/mol. The van der Waals surface area contributed by atoms with Crippen molar-refractivity contribution in [3.8, 4) is 0 Å². The van der Waals surface area contributed by atoms with Gasteiger partial charge in [0.2, 0.25) is 11.8 Å². The first kappa shape index (κ1) is 15.6. The van der Waals surface area contributed by atoms with E-state index in [4.69, 9.17) is 0 Å². The maximum absolute atomic E-state index is 11.3. The van der Waals surface area contributed by atoms with Crippen LogP contribution < -0.4 is 10.6 Å². The van der Waals surface area contributed by atoms with Crippen LogP contribution in [0.15, 0.2) is 0 Å². The van der Waals surface area contributed by atoms with Crippen LogP contribution in [0, 0.1) is 0 Å². The molecule has 2 amide bonds. The van der Waals surface area contributed by atoms with E-state index >= 15 is 0 Å². The smallest absolute Gasteiger partial charge is 0.220 e. The summed E-state index contributed by atoms with van der Waals surface area (Å²) in [4.78, 5) is 33.4. The summed E-state index contributed by atoms with van der Waals surface area (Å²) in [5.41, 5.74) is 0. The zero-order valence-corrected chi connectivity index (χ0v) is 10.8. The monoisotopic (exact) mass is 242 g/mol. The summed E-state index contributed by atoms with van der Waals surface area (Å²) in [6.07, 6.45) is 2.07. The van der Waals surface area contributed by atoms with Gasteiger partial charge in [-0.05, 0) is 19.8 Å². The van der Waals surface area contributed by atoms with E-state index in [-0.39, 0.29) is 17.6 Å². The Kier molecular flexibility index (Phi) is 8.01. The van der Waals surface area contributed by atoms with E-state index in [0.29, 0.717) is 32.2 Å². The topological polar surface area (TPSA) is 75.3 Å². The van der Waals surface area contributed by atoms with Crippen molar-refractivity contribution in [2.45, 2.75) is 52.5 Å². The molecule has 0 saturated heterocycles. The molecule has 0 aromatic carbocycles. The van der Waals surface area contributed by atoms with Gasteiger partial charge in [0, 0.05) is 19.4 Å². The molecule has 5 heteroatoms. The second-order valence-corrected chi connectivity index (χ2v) is 3.93. The van der Waals surface area contributed by atoms with Gasteiger partial charge in [0.1, 0.15) is 0 Å². The number of rotatable bonds is 8. The fourth-order valence-electron chi connectivity index (χ4n) is 1.33. The lowest BCUT2D eigenvalue weighted by Gasteiger charge is -2.15. The van der Waals surface area contributed by atoms with Gasteiger partial charge in [-0.3, -0.25) is 14.4 Å². The van der Waals surface area contributed by atoms with Gasteiger partial charge in [0.15, 0.2) is 5.78 Å². The molecule has 17 heavy (non-hydrogen) atoms. The van der Waals surface area contributed by atoms with E-state index < -0.39 is 6.04 Å². The fraction of sp³-hybridized carbons (Fsp3) is 0.750. The van der Waals surface area contributed by atoms with E-state index in [2.05, 4.69) is 10.6 Å². The van der Waals surface area contributed by atoms with Crippen molar-refractivity contribution >= 4 is 17.6 Å². The molecule has 0 aliphatic carbocycles. The molecule has 1 atom stereocenters. The summed E-state index contributed by atoms with van der Waals surface area (Å²) in [5.74, 6) is -0.168. The lowest BCUT2D eigenvalue weighted by Crippen LogP contribution is -2.40. The van der Waals surface area contributed by atoms with Crippen molar-refractivity contribution in [3.05, 3.63) is 0 Å². The Bertz CT molecular complexity index is 277. The predicted octanol–water partition coefficient (Wildman–Crippen LogP) is 0.777. The van der Waals surface area contributed by atoms with Crippen molar-refractivity contribution in [1.29, 1.82) is 0 Å². The van der Waals surface area contributed by atoms with E-state index in [1.165, 1.54) is 6.92 Å². The minimum absolute atomic E-state index is 0.00182. The van der Waals surface area contributed by atoms with Crippen molar-refractivity contribution < 1.29 is 14.4 Å². The Hall–Kier alpha value is -1.39. The summed E-state index contributed by atoms with van der Waals surface area (Å²) in [7, 11) is 0. The highest BCUT2D eigenvalue weighted by Gasteiger charge is 2.15. The molecule has 0 aromatic rings. The molecule has 0 bridgehead atoms. The SMILES string of the molecule is CCC(=O)NCCCC(NC(=O)CC)C(C)=O. The van der Waals surface area contributed by atoms with Crippen LogP contribution in [-0.4, -0.2) is 30.2 Å². The standard InChI is InChI=1S/C12H22N2O3/c1-4-11(16)13-8-6-7-10(9(3)15)14-12(17)5-2/h10H,4-8H2,1-3H3,(H,13,16)(H,14,17). The highest BCUT2D eigenvalue weighted by Crippen LogP contribution is 1.99. The Morgan fingerprint density at radius 2 is 1.65 bits per heavy atom. The Morgan fingerprint density at radius 1 is 1.06 bits per heavy atom. The first-order chi connectivity index (χ1) is 8.01. The van der Waals surface area contributed by atoms with E-state index in [9.17, 15) is 14.4 Å². The number of amides is 2. The summed E-state index contributed by atoms with van der Waals surface area (Å²) >= 11 is 0. The molecule has 1 unspecified atom stereocenters. The molecule has 0 aliphatic rings. The van der Waals surface area contributed by atoms with E-state index in [0.717, 1.165) is 0 Å². The van der Waals surface area contributed by atoms with Crippen LogP contribution in [0.1, 0.15) is 46.5 Å². The molecule has 5 nitrogen and oxygen atoms in total. The van der Waals surface area contributed by atoms with Gasteiger partial charge >= 0.3 is 0 Å². The summed E-state index contributed by atoms with van der Waals surface area (Å²) in [5, 5.41) is 5.40. The number of hydrogen-bond acceptors (Lipinski definition) is 3. The molecule has 0 fully saturated rings. The fourth-order valence-corrected chi connectivity index (χ4v) is 1.33.